The molecule has 3 nitrogen and oxygen atoms in total. The van der Waals surface area contributed by atoms with Gasteiger partial charge in [-0.05, 0) is 26.2 Å². The first-order valence-corrected chi connectivity index (χ1v) is 11.2. The first-order valence-electron chi connectivity index (χ1n) is 3.72. The summed E-state index contributed by atoms with van der Waals surface area (Å²) in [5.74, 6) is 0. The maximum absolute atomic E-state index is 5.73. The molecule has 0 aromatic heterocycles. The Bertz CT molecular complexity index is 141. The van der Waals surface area contributed by atoms with Crippen molar-refractivity contribution in [2.24, 2.45) is 0 Å². The molecule has 7 heteroatoms. The molecule has 0 N–H and O–H groups in total. The predicted octanol–water partition coefficient (Wildman–Crippen LogP) is 0.307. The van der Waals surface area contributed by atoms with Gasteiger partial charge in [0, 0.05) is 0 Å². The quantitative estimate of drug-likeness (QED) is 0.620. The van der Waals surface area contributed by atoms with Gasteiger partial charge in [-0.25, -0.2) is 0 Å². The Labute approximate surface area is 82.0 Å². The lowest BCUT2D eigenvalue weighted by molar-refractivity contribution is 0.371. The summed E-state index contributed by atoms with van der Waals surface area (Å²) in [7, 11) is -2.56. The Morgan fingerprint density at radius 1 is 1.42 bits per heavy atom. The standard InChI is InChI=1S/C5H15O3Si4/c1-9-6-11(3)8-12(4,5)7-10-2/h11H,1H2,2-5H3. The van der Waals surface area contributed by atoms with E-state index in [9.17, 15) is 0 Å². The van der Waals surface area contributed by atoms with Crippen LogP contribution in [0.5, 0.6) is 0 Å². The summed E-state index contributed by atoms with van der Waals surface area (Å²) >= 11 is 0. The first-order chi connectivity index (χ1) is 5.52. The van der Waals surface area contributed by atoms with Gasteiger partial charge in [-0.1, -0.05) is 6.17 Å². The molecule has 0 fully saturated rings. The average Bonchev–Trinajstić information content (AvgIpc) is 1.85. The van der Waals surface area contributed by atoms with Crippen molar-refractivity contribution < 1.29 is 12.3 Å². The summed E-state index contributed by atoms with van der Waals surface area (Å²) in [6, 6.07) is 0. The van der Waals surface area contributed by atoms with Crippen LogP contribution in [0.4, 0.5) is 0 Å². The van der Waals surface area contributed by atoms with Gasteiger partial charge < -0.3 is 12.3 Å². The van der Waals surface area contributed by atoms with E-state index in [1.807, 2.05) is 26.2 Å². The van der Waals surface area contributed by atoms with Crippen LogP contribution in [-0.2, 0) is 12.3 Å². The largest absolute Gasteiger partial charge is 0.587 e. The third kappa shape index (κ3) is 6.03. The van der Waals surface area contributed by atoms with E-state index < -0.39 is 17.8 Å². The van der Waals surface area contributed by atoms with Gasteiger partial charge in [0.15, 0.2) is 0 Å². The molecule has 0 amide bonds. The highest BCUT2D eigenvalue weighted by molar-refractivity contribution is 6.75. The third-order valence-corrected chi connectivity index (χ3v) is 9.42. The summed E-state index contributed by atoms with van der Waals surface area (Å²) in [5, 5.41) is 0. The van der Waals surface area contributed by atoms with E-state index in [1.54, 1.807) is 0 Å². The van der Waals surface area contributed by atoms with Crippen molar-refractivity contribution in [1.29, 1.82) is 0 Å². The van der Waals surface area contributed by atoms with E-state index in [-0.39, 0.29) is 9.38 Å². The van der Waals surface area contributed by atoms with Gasteiger partial charge in [-0.3, -0.25) is 0 Å². The van der Waals surface area contributed by atoms with Crippen LogP contribution in [-0.4, -0.2) is 43.2 Å². The topological polar surface area (TPSA) is 27.7 Å². The van der Waals surface area contributed by atoms with Crippen molar-refractivity contribution in [2.45, 2.75) is 26.2 Å². The molecular formula is C5H15O3Si4. The van der Waals surface area contributed by atoms with Crippen molar-refractivity contribution >= 4 is 43.2 Å². The van der Waals surface area contributed by atoms with E-state index in [0.717, 1.165) is 0 Å². The Morgan fingerprint density at radius 2 is 2.00 bits per heavy atom. The highest BCUT2D eigenvalue weighted by atomic mass is 28.5. The lowest BCUT2D eigenvalue weighted by atomic mass is 11.9. The van der Waals surface area contributed by atoms with Crippen molar-refractivity contribution in [3.63, 3.8) is 0 Å². The molecule has 0 heterocycles. The average molecular weight is 236 g/mol. The molecule has 3 radical (unpaired) electrons. The maximum Gasteiger partial charge on any atom is 0.356 e. The molecular weight excluding hydrogens is 220 g/mol. The van der Waals surface area contributed by atoms with Gasteiger partial charge in [0.25, 0.3) is 9.38 Å². The van der Waals surface area contributed by atoms with Crippen LogP contribution in [0.3, 0.4) is 0 Å². The zero-order valence-corrected chi connectivity index (χ0v) is 12.2. The monoisotopic (exact) mass is 235 g/mol. The van der Waals surface area contributed by atoms with Gasteiger partial charge in [0.05, 0.1) is 0 Å². The predicted molar refractivity (Wildman–Crippen MR) is 58.2 cm³/mol. The zero-order valence-electron chi connectivity index (χ0n) is 8.01. The minimum atomic E-state index is -1.88. The number of hydrogen-bond donors (Lipinski definition) is 0. The van der Waals surface area contributed by atoms with E-state index in [4.69, 9.17) is 12.3 Å². The molecule has 12 heavy (non-hydrogen) atoms. The Kier molecular flexibility index (Phi) is 6.22. The third-order valence-electron chi connectivity index (χ3n) is 1.05. The van der Waals surface area contributed by atoms with Gasteiger partial charge in [0.2, 0.25) is 9.76 Å². The van der Waals surface area contributed by atoms with Gasteiger partial charge in [-0.15, -0.1) is 0 Å². The van der Waals surface area contributed by atoms with Gasteiger partial charge in [-0.2, -0.15) is 0 Å². The molecule has 0 saturated heterocycles. The summed E-state index contributed by atoms with van der Waals surface area (Å²) in [6.07, 6.45) is 3.64. The Balaban J connectivity index is 3.78. The molecule has 1 unspecified atom stereocenters. The van der Waals surface area contributed by atoms with Crippen molar-refractivity contribution in [3.05, 3.63) is 0 Å². The number of rotatable bonds is 6. The fourth-order valence-corrected chi connectivity index (χ4v) is 8.16. The lowest BCUT2D eigenvalue weighted by Gasteiger charge is -2.25. The molecule has 0 spiro atoms. The SMILES string of the molecule is C=[Si]O[SiH](C)O[Si](C)(C)O[Si]C. The fraction of sp³-hybridized carbons (Fsp3) is 0.800. The normalized spacial score (nSPS) is 14.0. The minimum absolute atomic E-state index is 0.282. The second-order valence-corrected chi connectivity index (χ2v) is 9.99. The summed E-state index contributed by atoms with van der Waals surface area (Å²) in [6.45, 7) is 8.11. The molecule has 1 atom stereocenters. The van der Waals surface area contributed by atoms with Crippen LogP contribution in [0.1, 0.15) is 0 Å². The van der Waals surface area contributed by atoms with Crippen LogP contribution >= 0.6 is 0 Å². The molecule has 0 aliphatic heterocycles. The van der Waals surface area contributed by atoms with Gasteiger partial charge >= 0.3 is 17.8 Å². The smallest absolute Gasteiger partial charge is 0.356 e. The van der Waals surface area contributed by atoms with Gasteiger partial charge in [0.1, 0.15) is 0 Å². The highest BCUT2D eigenvalue weighted by Gasteiger charge is 2.27. The molecule has 0 aliphatic carbocycles. The molecule has 0 rings (SSSR count). The van der Waals surface area contributed by atoms with E-state index in [0.29, 0.717) is 9.76 Å². The molecule has 0 aromatic carbocycles. The second-order valence-electron chi connectivity index (χ2n) is 2.65. The second kappa shape index (κ2) is 5.99. The van der Waals surface area contributed by atoms with Crippen molar-refractivity contribution in [3.8, 4) is 0 Å². The Morgan fingerprint density at radius 3 is 2.42 bits per heavy atom. The van der Waals surface area contributed by atoms with E-state index in [2.05, 4.69) is 6.17 Å². The highest BCUT2D eigenvalue weighted by Crippen LogP contribution is 2.07. The van der Waals surface area contributed by atoms with Crippen LogP contribution in [0.2, 0.25) is 26.2 Å². The fourth-order valence-electron chi connectivity index (χ4n) is 0.811. The van der Waals surface area contributed by atoms with Crippen molar-refractivity contribution in [2.75, 3.05) is 0 Å². The first kappa shape index (κ1) is 12.5. The van der Waals surface area contributed by atoms with E-state index in [1.165, 1.54) is 0 Å². The zero-order chi connectivity index (χ0) is 9.61. The van der Waals surface area contributed by atoms with Crippen LogP contribution in [0.15, 0.2) is 0 Å². The number of hydrogen-bond acceptors (Lipinski definition) is 3. The van der Waals surface area contributed by atoms with Crippen LogP contribution in [0.25, 0.3) is 0 Å². The van der Waals surface area contributed by atoms with E-state index >= 15 is 0 Å². The molecule has 0 saturated carbocycles. The summed E-state index contributed by atoms with van der Waals surface area (Å²) < 4.78 is 16.6. The molecule has 0 bridgehead atoms. The summed E-state index contributed by atoms with van der Waals surface area (Å²) in [4.78, 5) is 0. The molecule has 0 aliphatic rings. The minimum Gasteiger partial charge on any atom is -0.587 e. The maximum atomic E-state index is 5.73. The van der Waals surface area contributed by atoms with Crippen molar-refractivity contribution in [1.82, 2.24) is 0 Å². The molecule has 69 valence electrons. The van der Waals surface area contributed by atoms with Crippen LogP contribution in [0, 0.1) is 0 Å². The lowest BCUT2D eigenvalue weighted by Crippen LogP contribution is -2.41. The molecule has 0 aromatic rings. The van der Waals surface area contributed by atoms with Crippen LogP contribution < -0.4 is 0 Å². The summed E-state index contributed by atoms with van der Waals surface area (Å²) in [5.41, 5.74) is 0. The Hall–Kier alpha value is 0.458.